The van der Waals surface area contributed by atoms with Crippen LogP contribution in [0.3, 0.4) is 0 Å². The number of rotatable bonds is 10. The van der Waals surface area contributed by atoms with Crippen LogP contribution < -0.4 is 10.6 Å². The van der Waals surface area contributed by atoms with E-state index in [4.69, 9.17) is 4.74 Å². The summed E-state index contributed by atoms with van der Waals surface area (Å²) in [5.41, 5.74) is 3.28. The van der Waals surface area contributed by atoms with Crippen LogP contribution in [-0.4, -0.2) is 41.1 Å². The molecule has 0 fully saturated rings. The highest BCUT2D eigenvalue weighted by Crippen LogP contribution is 2.16. The van der Waals surface area contributed by atoms with Crippen LogP contribution in [0, 0.1) is 6.92 Å². The summed E-state index contributed by atoms with van der Waals surface area (Å²) >= 11 is 0. The summed E-state index contributed by atoms with van der Waals surface area (Å²) in [7, 11) is 0. The van der Waals surface area contributed by atoms with Crippen LogP contribution in [0.25, 0.3) is 11.0 Å². The number of aromatic nitrogens is 2. The van der Waals surface area contributed by atoms with Gasteiger partial charge in [-0.05, 0) is 44.5 Å². The zero-order valence-electron chi connectivity index (χ0n) is 17.5. The maximum absolute atomic E-state index is 12.5. The molecule has 3 aromatic rings. The van der Waals surface area contributed by atoms with Gasteiger partial charge in [0.1, 0.15) is 12.4 Å². The molecule has 30 heavy (non-hydrogen) atoms. The fourth-order valence-corrected chi connectivity index (χ4v) is 3.23. The highest BCUT2D eigenvalue weighted by Gasteiger charge is 2.15. The summed E-state index contributed by atoms with van der Waals surface area (Å²) in [6, 6.07) is 15.1. The normalized spacial score (nSPS) is 10.9. The van der Waals surface area contributed by atoms with Crippen molar-refractivity contribution in [1.82, 2.24) is 20.2 Å². The van der Waals surface area contributed by atoms with Gasteiger partial charge >= 0.3 is 0 Å². The van der Waals surface area contributed by atoms with Crippen molar-refractivity contribution in [3.05, 3.63) is 65.5 Å². The molecule has 0 aliphatic rings. The average molecular weight is 409 g/mol. The molecule has 2 amide bonds. The van der Waals surface area contributed by atoms with Crippen molar-refractivity contribution in [2.75, 3.05) is 19.8 Å². The molecule has 0 bridgehead atoms. The molecule has 158 valence electrons. The number of amides is 2. The molecule has 0 atom stereocenters. The minimum atomic E-state index is -0.169. The van der Waals surface area contributed by atoms with E-state index in [1.807, 2.05) is 60.9 Å². The predicted molar refractivity (Wildman–Crippen MR) is 116 cm³/mol. The minimum absolute atomic E-state index is 0.0964. The van der Waals surface area contributed by atoms with E-state index in [1.54, 1.807) is 6.07 Å². The molecule has 0 unspecified atom stereocenters. The standard InChI is InChI=1S/C23H28N4O3/c1-3-30-13-7-12-24-22(28)16-27-20-11-5-4-10-19(20)26-21(27)15-25-23(29)18-9-6-8-17(2)14-18/h4-6,8-11,14H,3,7,12-13,15-16H2,1-2H3,(H,24,28)(H,25,29). The van der Waals surface area contributed by atoms with Crippen LogP contribution in [0.4, 0.5) is 0 Å². The molecular formula is C23H28N4O3. The first kappa shape index (κ1) is 21.5. The Labute approximate surface area is 176 Å². The second-order valence-corrected chi connectivity index (χ2v) is 7.06. The van der Waals surface area contributed by atoms with E-state index in [0.717, 1.165) is 23.0 Å². The van der Waals surface area contributed by atoms with Crippen molar-refractivity contribution in [3.8, 4) is 0 Å². The van der Waals surface area contributed by atoms with Gasteiger partial charge in [-0.25, -0.2) is 4.98 Å². The fraction of sp³-hybridized carbons (Fsp3) is 0.348. The van der Waals surface area contributed by atoms with Gasteiger partial charge in [-0.1, -0.05) is 29.8 Å². The number of imidazole rings is 1. The second kappa shape index (κ2) is 10.5. The number of hydrogen-bond donors (Lipinski definition) is 2. The van der Waals surface area contributed by atoms with Gasteiger partial charge in [0.15, 0.2) is 0 Å². The lowest BCUT2D eigenvalue weighted by atomic mass is 10.1. The quantitative estimate of drug-likeness (QED) is 0.505. The number of benzene rings is 2. The molecule has 0 spiro atoms. The Bertz CT molecular complexity index is 1010. The average Bonchev–Trinajstić information content (AvgIpc) is 3.09. The Morgan fingerprint density at radius 3 is 2.73 bits per heavy atom. The summed E-state index contributed by atoms with van der Waals surface area (Å²) in [6.45, 7) is 6.13. The largest absolute Gasteiger partial charge is 0.382 e. The number of hydrogen-bond acceptors (Lipinski definition) is 4. The third-order valence-corrected chi connectivity index (χ3v) is 4.71. The van der Waals surface area contributed by atoms with E-state index in [1.165, 1.54) is 0 Å². The number of nitrogens with zero attached hydrogens (tertiary/aromatic N) is 2. The summed E-state index contributed by atoms with van der Waals surface area (Å²) in [5.74, 6) is 0.375. The lowest BCUT2D eigenvalue weighted by molar-refractivity contribution is -0.121. The monoisotopic (exact) mass is 408 g/mol. The van der Waals surface area contributed by atoms with Crippen LogP contribution in [-0.2, 0) is 22.6 Å². The summed E-state index contributed by atoms with van der Waals surface area (Å²) in [6.07, 6.45) is 0.768. The van der Waals surface area contributed by atoms with Crippen molar-refractivity contribution in [3.63, 3.8) is 0 Å². The molecule has 3 rings (SSSR count). The topological polar surface area (TPSA) is 85.2 Å². The van der Waals surface area contributed by atoms with Gasteiger partial charge in [-0.2, -0.15) is 0 Å². The van der Waals surface area contributed by atoms with Crippen LogP contribution in [0.15, 0.2) is 48.5 Å². The molecule has 1 aromatic heterocycles. The van der Waals surface area contributed by atoms with Crippen molar-refractivity contribution < 1.29 is 14.3 Å². The first-order valence-corrected chi connectivity index (χ1v) is 10.2. The SMILES string of the molecule is CCOCCCNC(=O)Cn1c(CNC(=O)c2cccc(C)c2)nc2ccccc21. The summed E-state index contributed by atoms with van der Waals surface area (Å²) < 4.78 is 7.14. The Hall–Kier alpha value is -3.19. The molecule has 2 aromatic carbocycles. The number of carbonyl (C=O) groups excluding carboxylic acids is 2. The van der Waals surface area contributed by atoms with Crippen molar-refractivity contribution >= 4 is 22.8 Å². The van der Waals surface area contributed by atoms with Gasteiger partial charge < -0.3 is 19.9 Å². The fourth-order valence-electron chi connectivity index (χ4n) is 3.23. The van der Waals surface area contributed by atoms with E-state index in [0.29, 0.717) is 31.1 Å². The number of ether oxygens (including phenoxy) is 1. The van der Waals surface area contributed by atoms with E-state index in [9.17, 15) is 9.59 Å². The molecule has 0 saturated carbocycles. The molecular weight excluding hydrogens is 380 g/mol. The summed E-state index contributed by atoms with van der Waals surface area (Å²) in [4.78, 5) is 29.6. The number of carbonyl (C=O) groups is 2. The minimum Gasteiger partial charge on any atom is -0.382 e. The molecule has 2 N–H and O–H groups in total. The maximum Gasteiger partial charge on any atom is 0.251 e. The Morgan fingerprint density at radius 1 is 1.10 bits per heavy atom. The number of aryl methyl sites for hydroxylation is 1. The molecule has 0 aliphatic heterocycles. The molecule has 0 saturated heterocycles. The van der Waals surface area contributed by atoms with Gasteiger partial charge in [-0.15, -0.1) is 0 Å². The van der Waals surface area contributed by atoms with Crippen molar-refractivity contribution in [1.29, 1.82) is 0 Å². The summed E-state index contributed by atoms with van der Waals surface area (Å²) in [5, 5.41) is 5.83. The second-order valence-electron chi connectivity index (χ2n) is 7.06. The van der Waals surface area contributed by atoms with E-state index in [-0.39, 0.29) is 24.9 Å². The van der Waals surface area contributed by atoms with Gasteiger partial charge in [0.05, 0.1) is 17.6 Å². The Morgan fingerprint density at radius 2 is 1.93 bits per heavy atom. The lowest BCUT2D eigenvalue weighted by Crippen LogP contribution is -2.31. The molecule has 1 heterocycles. The highest BCUT2D eigenvalue weighted by atomic mass is 16.5. The molecule has 0 aliphatic carbocycles. The van der Waals surface area contributed by atoms with E-state index in [2.05, 4.69) is 15.6 Å². The number of fused-ring (bicyclic) bond motifs is 1. The molecule has 7 nitrogen and oxygen atoms in total. The maximum atomic E-state index is 12.5. The van der Waals surface area contributed by atoms with Crippen molar-refractivity contribution in [2.24, 2.45) is 0 Å². The third kappa shape index (κ3) is 5.67. The Kier molecular flexibility index (Phi) is 7.57. The van der Waals surface area contributed by atoms with Crippen LogP contribution in [0.2, 0.25) is 0 Å². The number of para-hydroxylation sites is 2. The van der Waals surface area contributed by atoms with Crippen LogP contribution in [0.5, 0.6) is 0 Å². The van der Waals surface area contributed by atoms with Crippen LogP contribution >= 0.6 is 0 Å². The van der Waals surface area contributed by atoms with Gasteiger partial charge in [-0.3, -0.25) is 9.59 Å². The smallest absolute Gasteiger partial charge is 0.251 e. The van der Waals surface area contributed by atoms with Crippen LogP contribution in [0.1, 0.15) is 35.1 Å². The Balaban J connectivity index is 1.68. The first-order valence-electron chi connectivity index (χ1n) is 10.2. The van der Waals surface area contributed by atoms with E-state index >= 15 is 0 Å². The van der Waals surface area contributed by atoms with Gasteiger partial charge in [0, 0.05) is 25.3 Å². The van der Waals surface area contributed by atoms with E-state index < -0.39 is 0 Å². The lowest BCUT2D eigenvalue weighted by Gasteiger charge is -2.11. The van der Waals surface area contributed by atoms with Gasteiger partial charge in [0.2, 0.25) is 5.91 Å². The number of nitrogens with one attached hydrogen (secondary N) is 2. The molecule has 7 heteroatoms. The zero-order chi connectivity index (χ0) is 21.3. The first-order chi connectivity index (χ1) is 14.6. The highest BCUT2D eigenvalue weighted by molar-refractivity contribution is 5.94. The predicted octanol–water partition coefficient (Wildman–Crippen LogP) is 2.82. The van der Waals surface area contributed by atoms with Crippen molar-refractivity contribution in [2.45, 2.75) is 33.4 Å². The third-order valence-electron chi connectivity index (χ3n) is 4.71. The molecule has 0 radical (unpaired) electrons. The van der Waals surface area contributed by atoms with Gasteiger partial charge in [0.25, 0.3) is 5.91 Å². The zero-order valence-corrected chi connectivity index (χ0v) is 17.5.